The summed E-state index contributed by atoms with van der Waals surface area (Å²) in [7, 11) is 3.30. The SMILES string of the molecule is COc1c(C)cc(C)c(CCCO)c1OC. The number of aliphatic hydroxyl groups is 1. The second-order valence-electron chi connectivity index (χ2n) is 3.88. The van der Waals surface area contributed by atoms with E-state index in [-0.39, 0.29) is 6.61 Å². The van der Waals surface area contributed by atoms with Crippen LogP contribution in [0.4, 0.5) is 0 Å². The zero-order valence-corrected chi connectivity index (χ0v) is 10.5. The average molecular weight is 224 g/mol. The lowest BCUT2D eigenvalue weighted by atomic mass is 9.99. The van der Waals surface area contributed by atoms with Crippen LogP contribution in [0.3, 0.4) is 0 Å². The summed E-state index contributed by atoms with van der Waals surface area (Å²) in [4.78, 5) is 0. The molecule has 0 saturated carbocycles. The summed E-state index contributed by atoms with van der Waals surface area (Å²) in [6, 6.07) is 2.09. The highest BCUT2D eigenvalue weighted by atomic mass is 16.5. The summed E-state index contributed by atoms with van der Waals surface area (Å²) in [6.45, 7) is 4.25. The molecule has 0 amide bonds. The van der Waals surface area contributed by atoms with E-state index in [4.69, 9.17) is 14.6 Å². The van der Waals surface area contributed by atoms with Gasteiger partial charge in [-0.05, 0) is 37.8 Å². The molecule has 0 unspecified atom stereocenters. The molecule has 0 radical (unpaired) electrons. The van der Waals surface area contributed by atoms with Gasteiger partial charge in [0.25, 0.3) is 0 Å². The fourth-order valence-electron chi connectivity index (χ4n) is 2.01. The summed E-state index contributed by atoms with van der Waals surface area (Å²) in [5, 5.41) is 8.89. The lowest BCUT2D eigenvalue weighted by molar-refractivity contribution is 0.287. The second-order valence-corrected chi connectivity index (χ2v) is 3.88. The van der Waals surface area contributed by atoms with Crippen LogP contribution < -0.4 is 9.47 Å². The zero-order chi connectivity index (χ0) is 12.1. The molecule has 0 aliphatic carbocycles. The summed E-state index contributed by atoms with van der Waals surface area (Å²) in [6.07, 6.45) is 1.55. The minimum absolute atomic E-state index is 0.193. The normalized spacial score (nSPS) is 10.3. The van der Waals surface area contributed by atoms with E-state index in [0.717, 1.165) is 35.5 Å². The van der Waals surface area contributed by atoms with E-state index in [9.17, 15) is 0 Å². The van der Waals surface area contributed by atoms with Crippen LogP contribution in [0.25, 0.3) is 0 Å². The first-order chi connectivity index (χ1) is 7.65. The molecule has 0 spiro atoms. The van der Waals surface area contributed by atoms with Crippen molar-refractivity contribution in [1.29, 1.82) is 0 Å². The number of hydrogen-bond acceptors (Lipinski definition) is 3. The monoisotopic (exact) mass is 224 g/mol. The minimum atomic E-state index is 0.193. The third-order valence-corrected chi connectivity index (χ3v) is 2.74. The average Bonchev–Trinajstić information content (AvgIpc) is 2.27. The van der Waals surface area contributed by atoms with Gasteiger partial charge in [-0.1, -0.05) is 6.07 Å². The predicted molar refractivity (Wildman–Crippen MR) is 64.4 cm³/mol. The van der Waals surface area contributed by atoms with Crippen molar-refractivity contribution in [2.75, 3.05) is 20.8 Å². The molecule has 1 N–H and O–H groups in total. The van der Waals surface area contributed by atoms with Crippen LogP contribution in [0.15, 0.2) is 6.07 Å². The van der Waals surface area contributed by atoms with E-state index in [2.05, 4.69) is 13.0 Å². The standard InChI is InChI=1S/C13H20O3/c1-9-8-10(2)12(15-3)13(16-4)11(9)6-5-7-14/h8,14H,5-7H2,1-4H3. The molecular weight excluding hydrogens is 204 g/mol. The molecular formula is C13H20O3. The van der Waals surface area contributed by atoms with Gasteiger partial charge in [-0.15, -0.1) is 0 Å². The number of methoxy groups -OCH3 is 2. The molecule has 0 atom stereocenters. The molecule has 90 valence electrons. The van der Waals surface area contributed by atoms with Gasteiger partial charge in [0.15, 0.2) is 11.5 Å². The molecule has 3 heteroatoms. The zero-order valence-electron chi connectivity index (χ0n) is 10.5. The number of aryl methyl sites for hydroxylation is 2. The second kappa shape index (κ2) is 5.75. The lowest BCUT2D eigenvalue weighted by Crippen LogP contribution is -2.02. The van der Waals surface area contributed by atoms with Gasteiger partial charge in [0.2, 0.25) is 0 Å². The van der Waals surface area contributed by atoms with Crippen LogP contribution in [0.5, 0.6) is 11.5 Å². The highest BCUT2D eigenvalue weighted by Crippen LogP contribution is 2.37. The lowest BCUT2D eigenvalue weighted by Gasteiger charge is -2.17. The van der Waals surface area contributed by atoms with Crippen molar-refractivity contribution in [2.24, 2.45) is 0 Å². The quantitative estimate of drug-likeness (QED) is 0.833. The van der Waals surface area contributed by atoms with E-state index >= 15 is 0 Å². The van der Waals surface area contributed by atoms with Gasteiger partial charge in [0.1, 0.15) is 0 Å². The first-order valence-corrected chi connectivity index (χ1v) is 5.47. The van der Waals surface area contributed by atoms with Crippen molar-refractivity contribution in [3.8, 4) is 11.5 Å². The maximum atomic E-state index is 8.89. The van der Waals surface area contributed by atoms with E-state index < -0.39 is 0 Å². The fourth-order valence-corrected chi connectivity index (χ4v) is 2.01. The maximum absolute atomic E-state index is 8.89. The molecule has 3 nitrogen and oxygen atoms in total. The largest absolute Gasteiger partial charge is 0.493 e. The van der Waals surface area contributed by atoms with E-state index in [1.54, 1.807) is 14.2 Å². The van der Waals surface area contributed by atoms with Crippen molar-refractivity contribution in [3.63, 3.8) is 0 Å². The van der Waals surface area contributed by atoms with E-state index in [0.29, 0.717) is 0 Å². The Balaban J connectivity index is 3.22. The third kappa shape index (κ3) is 2.47. The number of benzene rings is 1. The van der Waals surface area contributed by atoms with Gasteiger partial charge in [-0.25, -0.2) is 0 Å². The molecule has 0 aliphatic heterocycles. The van der Waals surface area contributed by atoms with Gasteiger partial charge < -0.3 is 14.6 Å². The Bertz CT molecular complexity index is 359. The number of ether oxygens (including phenoxy) is 2. The minimum Gasteiger partial charge on any atom is -0.493 e. The molecule has 1 rings (SSSR count). The van der Waals surface area contributed by atoms with E-state index in [1.165, 1.54) is 5.56 Å². The van der Waals surface area contributed by atoms with Crippen LogP contribution in [0.1, 0.15) is 23.1 Å². The Hall–Kier alpha value is -1.22. The molecule has 0 aromatic heterocycles. The van der Waals surface area contributed by atoms with Crippen molar-refractivity contribution < 1.29 is 14.6 Å². The molecule has 1 aromatic rings. The van der Waals surface area contributed by atoms with E-state index in [1.807, 2.05) is 6.92 Å². The molecule has 1 aromatic carbocycles. The Morgan fingerprint density at radius 2 is 1.69 bits per heavy atom. The summed E-state index contributed by atoms with van der Waals surface area (Å²) >= 11 is 0. The third-order valence-electron chi connectivity index (χ3n) is 2.74. The summed E-state index contributed by atoms with van der Waals surface area (Å²) in [5.41, 5.74) is 3.38. The number of hydrogen-bond donors (Lipinski definition) is 1. The van der Waals surface area contributed by atoms with Gasteiger partial charge in [0, 0.05) is 12.2 Å². The predicted octanol–water partition coefficient (Wildman–Crippen LogP) is 2.25. The van der Waals surface area contributed by atoms with Gasteiger partial charge in [-0.3, -0.25) is 0 Å². The first-order valence-electron chi connectivity index (χ1n) is 5.47. The molecule has 0 aliphatic rings. The Labute approximate surface area is 97.0 Å². The molecule has 0 heterocycles. The number of rotatable bonds is 5. The highest BCUT2D eigenvalue weighted by Gasteiger charge is 2.15. The number of aliphatic hydroxyl groups excluding tert-OH is 1. The molecule has 0 bridgehead atoms. The van der Waals surface area contributed by atoms with Crippen LogP contribution in [-0.2, 0) is 6.42 Å². The smallest absolute Gasteiger partial charge is 0.164 e. The van der Waals surface area contributed by atoms with Crippen molar-refractivity contribution in [1.82, 2.24) is 0 Å². The van der Waals surface area contributed by atoms with Crippen LogP contribution in [-0.4, -0.2) is 25.9 Å². The summed E-state index contributed by atoms with van der Waals surface area (Å²) in [5.74, 6) is 1.59. The Morgan fingerprint density at radius 3 is 2.19 bits per heavy atom. The first kappa shape index (κ1) is 12.8. The van der Waals surface area contributed by atoms with Crippen molar-refractivity contribution in [2.45, 2.75) is 26.7 Å². The summed E-state index contributed by atoms with van der Waals surface area (Å²) < 4.78 is 10.8. The van der Waals surface area contributed by atoms with Crippen LogP contribution >= 0.6 is 0 Å². The molecule has 0 fully saturated rings. The van der Waals surface area contributed by atoms with Crippen molar-refractivity contribution in [3.05, 3.63) is 22.8 Å². The van der Waals surface area contributed by atoms with Gasteiger partial charge in [0.05, 0.1) is 14.2 Å². The van der Waals surface area contributed by atoms with Gasteiger partial charge in [-0.2, -0.15) is 0 Å². The topological polar surface area (TPSA) is 38.7 Å². The highest BCUT2D eigenvalue weighted by molar-refractivity contribution is 5.55. The van der Waals surface area contributed by atoms with Gasteiger partial charge >= 0.3 is 0 Å². The Kier molecular flexibility index (Phi) is 4.62. The fraction of sp³-hybridized carbons (Fsp3) is 0.538. The van der Waals surface area contributed by atoms with Crippen molar-refractivity contribution >= 4 is 0 Å². The molecule has 16 heavy (non-hydrogen) atoms. The van der Waals surface area contributed by atoms with Crippen LogP contribution in [0, 0.1) is 13.8 Å². The maximum Gasteiger partial charge on any atom is 0.164 e. The molecule has 0 saturated heterocycles. The van der Waals surface area contributed by atoms with Crippen LogP contribution in [0.2, 0.25) is 0 Å². The Morgan fingerprint density at radius 1 is 1.06 bits per heavy atom.